The van der Waals surface area contributed by atoms with Crippen LogP contribution in [0.1, 0.15) is 45.2 Å². The van der Waals surface area contributed by atoms with Crippen LogP contribution in [-0.2, 0) is 4.79 Å². The monoisotopic (exact) mass is 407 g/mol. The van der Waals surface area contributed by atoms with Crippen molar-refractivity contribution in [2.24, 2.45) is 5.92 Å². The van der Waals surface area contributed by atoms with Gasteiger partial charge in [-0.05, 0) is 42.8 Å². The molecule has 8 heteroatoms. The van der Waals surface area contributed by atoms with Gasteiger partial charge in [-0.25, -0.2) is 4.98 Å². The second kappa shape index (κ2) is 10.9. The smallest absolute Gasteiger partial charge is 0.262 e. The summed E-state index contributed by atoms with van der Waals surface area (Å²) in [6, 6.07) is 5.59. The molecule has 0 saturated heterocycles. The Morgan fingerprint density at radius 3 is 2.96 bits per heavy atom. The Labute approximate surface area is 170 Å². The molecule has 0 unspecified atom stereocenters. The highest BCUT2D eigenvalue weighted by Crippen LogP contribution is 2.18. The van der Waals surface area contributed by atoms with Gasteiger partial charge in [0, 0.05) is 18.8 Å². The summed E-state index contributed by atoms with van der Waals surface area (Å²) in [5.74, 6) is 0.196. The van der Waals surface area contributed by atoms with Crippen LogP contribution in [0.15, 0.2) is 30.5 Å². The van der Waals surface area contributed by atoms with Crippen molar-refractivity contribution in [1.82, 2.24) is 25.6 Å². The molecule has 0 aliphatic heterocycles. The number of unbranched alkanes of at least 4 members (excludes halogenated alkanes) is 2. The molecule has 3 N–H and O–H groups in total. The van der Waals surface area contributed by atoms with Crippen LogP contribution in [0, 0.1) is 5.92 Å². The van der Waals surface area contributed by atoms with Crippen molar-refractivity contribution in [2.75, 3.05) is 6.54 Å². The molecule has 0 aliphatic carbocycles. The minimum absolute atomic E-state index is 0.336. The zero-order chi connectivity index (χ0) is 19.6. The number of rotatable bonds is 8. The maximum absolute atomic E-state index is 12.0. The molecule has 2 heterocycles. The van der Waals surface area contributed by atoms with Gasteiger partial charge in [-0.15, -0.1) is 0 Å². The quantitative estimate of drug-likeness (QED) is 0.269. The first-order valence-electron chi connectivity index (χ1n) is 9.15. The molecule has 1 amide bonds. The Kier molecular flexibility index (Phi) is 8.54. The maximum atomic E-state index is 12.0. The number of carbonyl (C=O) groups excluding carboxylic acids is 1. The van der Waals surface area contributed by atoms with Gasteiger partial charge in [-0.1, -0.05) is 50.8 Å². The highest BCUT2D eigenvalue weighted by atomic mass is 35.5. The lowest BCUT2D eigenvalue weighted by Crippen LogP contribution is -2.47. The van der Waals surface area contributed by atoms with Crippen molar-refractivity contribution in [2.45, 2.75) is 39.5 Å². The maximum Gasteiger partial charge on any atom is 0.262 e. The van der Waals surface area contributed by atoms with E-state index in [9.17, 15) is 4.79 Å². The molecule has 1 atom stereocenters. The van der Waals surface area contributed by atoms with Gasteiger partial charge in [0.15, 0.2) is 10.3 Å². The summed E-state index contributed by atoms with van der Waals surface area (Å²) >= 11 is 11.3. The highest BCUT2D eigenvalue weighted by Gasteiger charge is 2.07. The first kappa shape index (κ1) is 21.2. The molecule has 0 aliphatic rings. The lowest BCUT2D eigenvalue weighted by Gasteiger charge is -2.15. The molecule has 0 saturated carbocycles. The molecule has 2 aromatic rings. The van der Waals surface area contributed by atoms with Crippen LogP contribution < -0.4 is 16.2 Å². The molecule has 0 fully saturated rings. The van der Waals surface area contributed by atoms with E-state index in [-0.39, 0.29) is 5.91 Å². The number of hydrogen-bond donors (Lipinski definition) is 3. The normalized spacial score (nSPS) is 12.3. The predicted molar refractivity (Wildman–Crippen MR) is 114 cm³/mol. The van der Waals surface area contributed by atoms with E-state index >= 15 is 0 Å². The number of pyridine rings is 1. The topological polar surface area (TPSA) is 70.5 Å². The third-order valence-corrected chi connectivity index (χ3v) is 4.65. The van der Waals surface area contributed by atoms with E-state index in [1.165, 1.54) is 31.8 Å². The van der Waals surface area contributed by atoms with Gasteiger partial charge in [-0.3, -0.25) is 20.0 Å². The van der Waals surface area contributed by atoms with Crippen LogP contribution in [0.25, 0.3) is 11.7 Å². The second-order valence-corrected chi connectivity index (χ2v) is 7.24. The number of nitrogens with zero attached hydrogens (tertiary/aromatic N) is 2. The average molecular weight is 408 g/mol. The van der Waals surface area contributed by atoms with Crippen LogP contribution in [0.5, 0.6) is 0 Å². The van der Waals surface area contributed by atoms with Crippen LogP contribution in [0.4, 0.5) is 0 Å². The fraction of sp³-hybridized carbons (Fsp3) is 0.421. The molecular weight excluding hydrogens is 382 g/mol. The Hall–Kier alpha value is -2.12. The molecule has 2 aromatic heterocycles. The zero-order valence-corrected chi connectivity index (χ0v) is 17.2. The second-order valence-electron chi connectivity index (χ2n) is 6.48. The zero-order valence-electron chi connectivity index (χ0n) is 15.7. The first-order chi connectivity index (χ1) is 13.0. The van der Waals surface area contributed by atoms with Gasteiger partial charge in [-0.2, -0.15) is 0 Å². The summed E-state index contributed by atoms with van der Waals surface area (Å²) in [7, 11) is 0. The number of fused-ring (bicyclic) bond motifs is 1. The van der Waals surface area contributed by atoms with Crippen molar-refractivity contribution in [3.05, 3.63) is 41.3 Å². The van der Waals surface area contributed by atoms with E-state index in [1.54, 1.807) is 6.08 Å². The first-order valence-corrected chi connectivity index (χ1v) is 9.94. The molecule has 146 valence electrons. The standard InChI is InChI=1S/C19H26ClN5OS/c1-3-4-5-8-14(2)13-21-19(27)24-23-17(26)11-10-15-18(20)22-16-9-6-7-12-25(15)16/h6-7,9-12,14H,3-5,8,13H2,1-2H3,(H,23,26)(H2,21,24,27)/b11-10+/t14-/m0/s1. The van der Waals surface area contributed by atoms with E-state index in [0.717, 1.165) is 12.2 Å². The number of hydrogen-bond acceptors (Lipinski definition) is 3. The number of amides is 1. The van der Waals surface area contributed by atoms with Gasteiger partial charge in [0.05, 0.1) is 5.69 Å². The van der Waals surface area contributed by atoms with Crippen LogP contribution in [0.3, 0.4) is 0 Å². The third kappa shape index (κ3) is 6.84. The summed E-state index contributed by atoms with van der Waals surface area (Å²) < 4.78 is 1.81. The van der Waals surface area contributed by atoms with Crippen molar-refractivity contribution in [1.29, 1.82) is 0 Å². The molecule has 6 nitrogen and oxygen atoms in total. The number of halogens is 1. The van der Waals surface area contributed by atoms with Crippen LogP contribution in [0.2, 0.25) is 5.15 Å². The lowest BCUT2D eigenvalue weighted by atomic mass is 10.0. The van der Waals surface area contributed by atoms with Crippen LogP contribution >= 0.6 is 23.8 Å². The Morgan fingerprint density at radius 2 is 2.19 bits per heavy atom. The summed E-state index contributed by atoms with van der Waals surface area (Å²) in [6.45, 7) is 5.16. The van der Waals surface area contributed by atoms with Crippen LogP contribution in [-0.4, -0.2) is 26.9 Å². The molecular formula is C19H26ClN5OS. The van der Waals surface area contributed by atoms with Crippen molar-refractivity contribution in [3.8, 4) is 0 Å². The summed E-state index contributed by atoms with van der Waals surface area (Å²) in [4.78, 5) is 16.2. The number of imidazole rings is 1. The largest absolute Gasteiger partial charge is 0.361 e. The van der Waals surface area contributed by atoms with Gasteiger partial charge < -0.3 is 5.32 Å². The van der Waals surface area contributed by atoms with Gasteiger partial charge in [0.1, 0.15) is 5.65 Å². The van der Waals surface area contributed by atoms with Crippen molar-refractivity contribution >= 4 is 46.6 Å². The molecule has 2 rings (SSSR count). The fourth-order valence-corrected chi connectivity index (χ4v) is 2.98. The van der Waals surface area contributed by atoms with E-state index in [0.29, 0.717) is 21.9 Å². The number of hydrazine groups is 1. The average Bonchev–Trinajstić information content (AvgIpc) is 2.98. The Bertz CT molecular complexity index is 804. The minimum Gasteiger partial charge on any atom is -0.361 e. The van der Waals surface area contributed by atoms with E-state index in [4.69, 9.17) is 23.8 Å². The fourth-order valence-electron chi connectivity index (χ4n) is 2.61. The van der Waals surface area contributed by atoms with E-state index in [1.807, 2.05) is 28.8 Å². The van der Waals surface area contributed by atoms with Gasteiger partial charge in [0.2, 0.25) is 0 Å². The molecule has 0 aromatic carbocycles. The predicted octanol–water partition coefficient (Wildman–Crippen LogP) is 3.71. The molecule has 27 heavy (non-hydrogen) atoms. The minimum atomic E-state index is -0.336. The summed E-state index contributed by atoms with van der Waals surface area (Å²) in [5.41, 5.74) is 6.60. The number of carbonyl (C=O) groups is 1. The molecule has 0 radical (unpaired) electrons. The van der Waals surface area contributed by atoms with E-state index < -0.39 is 0 Å². The van der Waals surface area contributed by atoms with Crippen molar-refractivity contribution < 1.29 is 4.79 Å². The Morgan fingerprint density at radius 1 is 1.37 bits per heavy atom. The number of thiocarbonyl (C=S) groups is 1. The third-order valence-electron chi connectivity index (χ3n) is 4.13. The highest BCUT2D eigenvalue weighted by molar-refractivity contribution is 7.80. The van der Waals surface area contributed by atoms with E-state index in [2.05, 4.69) is 35.0 Å². The van der Waals surface area contributed by atoms with Crippen molar-refractivity contribution in [3.63, 3.8) is 0 Å². The lowest BCUT2D eigenvalue weighted by molar-refractivity contribution is -0.116. The van der Waals surface area contributed by atoms with Gasteiger partial charge >= 0.3 is 0 Å². The summed E-state index contributed by atoms with van der Waals surface area (Å²) in [5, 5.41) is 3.85. The SMILES string of the molecule is CCCCC[C@H](C)CNC(=S)NNC(=O)/C=C/c1c(Cl)nc2ccccn12. The summed E-state index contributed by atoms with van der Waals surface area (Å²) in [6.07, 6.45) is 9.71. The molecule has 0 spiro atoms. The number of aromatic nitrogens is 2. The molecule has 0 bridgehead atoms. The number of nitrogens with one attached hydrogen (secondary N) is 3. The Balaban J connectivity index is 1.76. The van der Waals surface area contributed by atoms with Gasteiger partial charge in [0.25, 0.3) is 5.91 Å².